The second-order valence-corrected chi connectivity index (χ2v) is 15.5. The average molecular weight is 590 g/mol. The molecule has 0 amide bonds. The number of rotatable bonds is 4. The molecule has 9 nitrogen and oxygen atoms in total. The molecule has 12 atom stereocenters. The second-order valence-electron chi connectivity index (χ2n) is 14.1. The van der Waals surface area contributed by atoms with Gasteiger partial charge in [-0.1, -0.05) is 6.92 Å². The topological polar surface area (TPSA) is 131 Å². The molecule has 3 aliphatic heterocycles. The van der Waals surface area contributed by atoms with Crippen LogP contribution in [-0.4, -0.2) is 82.2 Å². The Labute approximate surface area is 245 Å². The zero-order valence-corrected chi connectivity index (χ0v) is 24.8. The Balaban J connectivity index is 1.11. The number of Topliss-reactive ketones (excluding diaryl/α,β-unsaturated/α-hetero) is 1. The number of nitrogens with one attached hydrogen (secondary N) is 1. The van der Waals surface area contributed by atoms with Gasteiger partial charge in [-0.05, 0) is 87.5 Å². The molecule has 0 aromatic heterocycles. The van der Waals surface area contributed by atoms with Crippen molar-refractivity contribution in [3.63, 3.8) is 0 Å². The summed E-state index contributed by atoms with van der Waals surface area (Å²) in [5, 5.41) is 27.3. The Morgan fingerprint density at radius 1 is 1.15 bits per heavy atom. The molecule has 0 aromatic rings. The quantitative estimate of drug-likeness (QED) is 0.255. The van der Waals surface area contributed by atoms with E-state index in [9.17, 15) is 24.6 Å². The number of esters is 1. The molecule has 41 heavy (non-hydrogen) atoms. The monoisotopic (exact) mass is 589 g/mol. The average Bonchev–Trinajstić information content (AvgIpc) is 3.65. The lowest BCUT2D eigenvalue weighted by atomic mass is 9.43. The van der Waals surface area contributed by atoms with Gasteiger partial charge in [0.2, 0.25) is 12.1 Å². The summed E-state index contributed by atoms with van der Waals surface area (Å²) in [4.78, 5) is 37.7. The Hall–Kier alpha value is -1.30. The summed E-state index contributed by atoms with van der Waals surface area (Å²) in [5.74, 6) is 0.457. The fourth-order valence-electron chi connectivity index (χ4n) is 10.5. The smallest absolute Gasteiger partial charge is 0.331 e. The van der Waals surface area contributed by atoms with Crippen molar-refractivity contribution in [1.29, 1.82) is 0 Å². The number of hydrogen-bond acceptors (Lipinski definition) is 10. The van der Waals surface area contributed by atoms with Crippen LogP contribution in [0.1, 0.15) is 71.6 Å². The Bertz CT molecular complexity index is 1150. The third-order valence-corrected chi connectivity index (χ3v) is 13.9. The summed E-state index contributed by atoms with van der Waals surface area (Å²) in [6.45, 7) is 5.18. The Kier molecular flexibility index (Phi) is 6.84. The molecule has 2 saturated heterocycles. The van der Waals surface area contributed by atoms with E-state index in [0.717, 1.165) is 56.3 Å². The minimum Gasteiger partial charge on any atom is -0.458 e. The van der Waals surface area contributed by atoms with E-state index in [2.05, 4.69) is 12.2 Å². The van der Waals surface area contributed by atoms with Crippen LogP contribution in [0.25, 0.3) is 0 Å². The van der Waals surface area contributed by atoms with Crippen LogP contribution in [0.4, 0.5) is 0 Å². The number of ether oxygens (including phenoxy) is 3. The predicted octanol–water partition coefficient (Wildman–Crippen LogP) is 2.52. The van der Waals surface area contributed by atoms with Crippen LogP contribution in [0.2, 0.25) is 0 Å². The molecule has 226 valence electrons. The third-order valence-electron chi connectivity index (χ3n) is 12.5. The summed E-state index contributed by atoms with van der Waals surface area (Å²) < 4.78 is 17.5. The van der Waals surface area contributed by atoms with Gasteiger partial charge in [0, 0.05) is 35.6 Å². The van der Waals surface area contributed by atoms with E-state index in [1.54, 1.807) is 17.8 Å². The van der Waals surface area contributed by atoms with Crippen LogP contribution >= 0.6 is 11.8 Å². The number of aliphatic hydroxyl groups is 2. The molecule has 10 heteroatoms. The molecule has 0 aromatic carbocycles. The van der Waals surface area contributed by atoms with Crippen LogP contribution in [0, 0.1) is 34.5 Å². The van der Waals surface area contributed by atoms with Crippen LogP contribution in [-0.2, 0) is 28.6 Å². The van der Waals surface area contributed by atoms with Crippen LogP contribution in [0.5, 0.6) is 0 Å². The fourth-order valence-corrected chi connectivity index (χ4v) is 11.9. The van der Waals surface area contributed by atoms with Gasteiger partial charge in [-0.3, -0.25) is 10.1 Å². The SMILES string of the molecule is C[C@H]1CC2(NCCS2)C(=O)C(O[C@H]2CC3CCC4C(CC[C@@]5(C)[C@H](C6=CC(=O)OC6)CC[C@@]45O)[C@]3(C=O)C[C@@H]2O)O1. The normalized spacial score (nSPS) is 52.9. The zero-order chi connectivity index (χ0) is 28.8. The lowest BCUT2D eigenvalue weighted by Crippen LogP contribution is -2.65. The van der Waals surface area contributed by atoms with Gasteiger partial charge < -0.3 is 29.2 Å². The molecule has 5 unspecified atom stereocenters. The van der Waals surface area contributed by atoms with E-state index >= 15 is 0 Å². The summed E-state index contributed by atoms with van der Waals surface area (Å²) in [6.07, 6.45) is 5.91. The highest BCUT2D eigenvalue weighted by atomic mass is 32.2. The predicted molar refractivity (Wildman–Crippen MR) is 150 cm³/mol. The summed E-state index contributed by atoms with van der Waals surface area (Å²) >= 11 is 1.61. The van der Waals surface area contributed by atoms with Crippen LogP contribution < -0.4 is 5.32 Å². The van der Waals surface area contributed by atoms with Gasteiger partial charge in [0.1, 0.15) is 17.8 Å². The van der Waals surface area contributed by atoms with Gasteiger partial charge in [0.15, 0.2) is 0 Å². The first-order valence-corrected chi connectivity index (χ1v) is 16.5. The highest BCUT2D eigenvalue weighted by molar-refractivity contribution is 8.01. The third kappa shape index (κ3) is 4.03. The van der Waals surface area contributed by atoms with Crippen LogP contribution in [0.3, 0.4) is 0 Å². The standard InChI is InChI=1S/C31H43NO8S/c1-17-13-31(32-9-10-41-31)26(36)27(39-17)40-24-12-19-3-4-22-21(29(19,16-33)14-23(24)34)5-7-28(2)20(6-8-30(22,28)37)18-11-25(35)38-15-18/h11,16-17,19-24,27,32,34,37H,3-10,12-15H2,1-2H3/t17-,19?,20-,21?,22?,23-,24-,27?,28-,29-,30+,31?/m0/s1. The van der Waals surface area contributed by atoms with Crippen molar-refractivity contribution >= 4 is 29.8 Å². The van der Waals surface area contributed by atoms with Crippen molar-refractivity contribution in [3.8, 4) is 0 Å². The van der Waals surface area contributed by atoms with E-state index in [1.165, 1.54) is 0 Å². The molecule has 3 N–H and O–H groups in total. The maximum Gasteiger partial charge on any atom is 0.331 e. The number of ketones is 1. The molecular weight excluding hydrogens is 546 g/mol. The number of aldehydes is 1. The maximum absolute atomic E-state index is 13.4. The molecule has 6 fully saturated rings. The molecule has 4 saturated carbocycles. The molecule has 3 heterocycles. The first-order chi connectivity index (χ1) is 19.6. The van der Waals surface area contributed by atoms with Crippen molar-refractivity contribution in [3.05, 3.63) is 11.6 Å². The summed E-state index contributed by atoms with van der Waals surface area (Å²) in [6, 6.07) is 0. The van der Waals surface area contributed by atoms with E-state index in [4.69, 9.17) is 14.2 Å². The Morgan fingerprint density at radius 2 is 1.98 bits per heavy atom. The lowest BCUT2D eigenvalue weighted by Gasteiger charge is -2.63. The minimum absolute atomic E-state index is 0.00687. The van der Waals surface area contributed by atoms with Crippen molar-refractivity contribution in [1.82, 2.24) is 5.32 Å². The van der Waals surface area contributed by atoms with Gasteiger partial charge in [0.05, 0.1) is 23.9 Å². The second kappa shape index (κ2) is 9.86. The summed E-state index contributed by atoms with van der Waals surface area (Å²) in [7, 11) is 0. The van der Waals surface area contributed by atoms with E-state index < -0.39 is 34.4 Å². The number of hydrogen-bond donors (Lipinski definition) is 3. The number of carbonyl (C=O) groups is 3. The van der Waals surface area contributed by atoms with Crippen molar-refractivity contribution < 1.29 is 38.8 Å². The van der Waals surface area contributed by atoms with E-state index in [-0.39, 0.29) is 53.4 Å². The van der Waals surface area contributed by atoms with Crippen molar-refractivity contribution in [2.75, 3.05) is 18.9 Å². The molecular formula is C31H43NO8S. The first-order valence-electron chi connectivity index (χ1n) is 15.5. The van der Waals surface area contributed by atoms with E-state index in [0.29, 0.717) is 25.9 Å². The highest BCUT2D eigenvalue weighted by Gasteiger charge is 2.69. The number of cyclic esters (lactones) is 1. The lowest BCUT2D eigenvalue weighted by molar-refractivity contribution is -0.250. The van der Waals surface area contributed by atoms with E-state index in [1.807, 2.05) is 6.92 Å². The van der Waals surface area contributed by atoms with Gasteiger partial charge in [-0.15, -0.1) is 11.8 Å². The highest BCUT2D eigenvalue weighted by Crippen LogP contribution is 2.69. The number of aliphatic hydroxyl groups excluding tert-OH is 1. The number of fused-ring (bicyclic) bond motifs is 5. The molecule has 0 bridgehead atoms. The van der Waals surface area contributed by atoms with Crippen molar-refractivity contribution in [2.24, 2.45) is 34.5 Å². The minimum atomic E-state index is -1.04. The van der Waals surface area contributed by atoms with Crippen molar-refractivity contribution in [2.45, 2.75) is 107 Å². The molecule has 4 aliphatic carbocycles. The molecule has 7 rings (SSSR count). The molecule has 1 spiro atoms. The van der Waals surface area contributed by atoms with Gasteiger partial charge >= 0.3 is 5.97 Å². The molecule has 0 radical (unpaired) electrons. The van der Waals surface area contributed by atoms with Gasteiger partial charge in [0.25, 0.3) is 0 Å². The summed E-state index contributed by atoms with van der Waals surface area (Å²) in [5.41, 5.74) is -1.08. The first kappa shape index (κ1) is 28.5. The maximum atomic E-state index is 13.4. The molecule has 7 aliphatic rings. The largest absolute Gasteiger partial charge is 0.458 e. The number of carbonyl (C=O) groups excluding carboxylic acids is 3. The fraction of sp³-hybridized carbons (Fsp3) is 0.839. The zero-order valence-electron chi connectivity index (χ0n) is 24.0. The number of thioether (sulfide) groups is 1. The van der Waals surface area contributed by atoms with Gasteiger partial charge in [-0.2, -0.15) is 0 Å². The van der Waals surface area contributed by atoms with Crippen LogP contribution in [0.15, 0.2) is 11.6 Å². The van der Waals surface area contributed by atoms with Gasteiger partial charge in [-0.25, -0.2) is 4.79 Å². The Morgan fingerprint density at radius 3 is 2.68 bits per heavy atom.